The summed E-state index contributed by atoms with van der Waals surface area (Å²) in [5.74, 6) is 5.51. The number of halogens is 1. The van der Waals surface area contributed by atoms with E-state index in [1.165, 1.54) is 0 Å². The van der Waals surface area contributed by atoms with Crippen molar-refractivity contribution in [3.63, 3.8) is 0 Å². The molecule has 1 amide bonds. The first kappa shape index (κ1) is 16.5. The predicted molar refractivity (Wildman–Crippen MR) is 91.2 cm³/mol. The zero-order chi connectivity index (χ0) is 15.9. The third-order valence-corrected chi connectivity index (χ3v) is 3.91. The van der Waals surface area contributed by atoms with E-state index in [2.05, 4.69) is 21.4 Å². The van der Waals surface area contributed by atoms with E-state index in [4.69, 9.17) is 10.6 Å². The summed E-state index contributed by atoms with van der Waals surface area (Å²) in [5.41, 5.74) is 4.35. The summed E-state index contributed by atoms with van der Waals surface area (Å²) in [6, 6.07) is 15.9. The molecule has 1 unspecified atom stereocenters. The number of benzene rings is 2. The van der Waals surface area contributed by atoms with Gasteiger partial charge in [-0.2, -0.15) is 0 Å². The number of hydrogen-bond donors (Lipinski definition) is 2. The van der Waals surface area contributed by atoms with Crippen molar-refractivity contribution < 1.29 is 9.53 Å². The Labute approximate surface area is 138 Å². The Hall–Kier alpha value is -1.85. The van der Waals surface area contributed by atoms with Crippen molar-refractivity contribution in [2.45, 2.75) is 25.9 Å². The minimum absolute atomic E-state index is 0.319. The van der Waals surface area contributed by atoms with E-state index < -0.39 is 6.10 Å². The van der Waals surface area contributed by atoms with Gasteiger partial charge in [-0.3, -0.25) is 10.2 Å². The molecule has 0 heterocycles. The lowest BCUT2D eigenvalue weighted by Crippen LogP contribution is -2.42. The SMILES string of the molecule is CCCC(Oc1ccc(-c2ccccc2)cc1Br)C(=O)NN. The van der Waals surface area contributed by atoms with Gasteiger partial charge in [0.1, 0.15) is 5.75 Å². The molecule has 4 nitrogen and oxygen atoms in total. The number of nitrogens with two attached hydrogens (primary N) is 1. The number of carbonyl (C=O) groups is 1. The van der Waals surface area contributed by atoms with Crippen LogP contribution in [0.4, 0.5) is 0 Å². The van der Waals surface area contributed by atoms with E-state index >= 15 is 0 Å². The van der Waals surface area contributed by atoms with Crippen molar-refractivity contribution in [1.82, 2.24) is 5.43 Å². The van der Waals surface area contributed by atoms with Gasteiger partial charge in [0.25, 0.3) is 5.91 Å². The molecule has 0 radical (unpaired) electrons. The van der Waals surface area contributed by atoms with Gasteiger partial charge < -0.3 is 4.74 Å². The van der Waals surface area contributed by atoms with Gasteiger partial charge in [0.05, 0.1) is 4.47 Å². The van der Waals surface area contributed by atoms with Gasteiger partial charge in [-0.1, -0.05) is 49.7 Å². The zero-order valence-electron chi connectivity index (χ0n) is 12.4. The molecule has 2 rings (SSSR count). The molecular formula is C17H19BrN2O2. The highest BCUT2D eigenvalue weighted by molar-refractivity contribution is 9.10. The first-order valence-electron chi connectivity index (χ1n) is 7.17. The Morgan fingerprint density at radius 2 is 1.95 bits per heavy atom. The molecule has 0 aliphatic carbocycles. The van der Waals surface area contributed by atoms with Crippen LogP contribution >= 0.6 is 15.9 Å². The van der Waals surface area contributed by atoms with Crippen LogP contribution in [0.5, 0.6) is 5.75 Å². The quantitative estimate of drug-likeness (QED) is 0.468. The second kappa shape index (κ2) is 7.96. The highest BCUT2D eigenvalue weighted by Crippen LogP contribution is 2.31. The fraction of sp³-hybridized carbons (Fsp3) is 0.235. The van der Waals surface area contributed by atoms with Crippen molar-refractivity contribution >= 4 is 21.8 Å². The number of hydrazine groups is 1. The van der Waals surface area contributed by atoms with Crippen LogP contribution in [0, 0.1) is 0 Å². The van der Waals surface area contributed by atoms with E-state index in [9.17, 15) is 4.79 Å². The van der Waals surface area contributed by atoms with E-state index in [0.717, 1.165) is 22.0 Å². The average molecular weight is 363 g/mol. The first-order chi connectivity index (χ1) is 10.7. The normalized spacial score (nSPS) is 11.8. The van der Waals surface area contributed by atoms with Crippen molar-refractivity contribution in [1.29, 1.82) is 0 Å². The number of hydrogen-bond acceptors (Lipinski definition) is 3. The van der Waals surface area contributed by atoms with Crippen LogP contribution < -0.4 is 16.0 Å². The van der Waals surface area contributed by atoms with E-state index in [-0.39, 0.29) is 5.91 Å². The number of carbonyl (C=O) groups excluding carboxylic acids is 1. The zero-order valence-corrected chi connectivity index (χ0v) is 14.0. The molecule has 0 saturated heterocycles. The van der Waals surface area contributed by atoms with Gasteiger partial charge in [0.15, 0.2) is 6.10 Å². The number of rotatable bonds is 6. The Balaban J connectivity index is 2.20. The molecule has 0 spiro atoms. The lowest BCUT2D eigenvalue weighted by atomic mass is 10.1. The highest BCUT2D eigenvalue weighted by Gasteiger charge is 2.19. The van der Waals surface area contributed by atoms with Crippen molar-refractivity contribution in [2.24, 2.45) is 5.84 Å². The largest absolute Gasteiger partial charge is 0.479 e. The molecule has 2 aromatic rings. The highest BCUT2D eigenvalue weighted by atomic mass is 79.9. The van der Waals surface area contributed by atoms with Crippen LogP contribution in [0.2, 0.25) is 0 Å². The molecule has 3 N–H and O–H groups in total. The van der Waals surface area contributed by atoms with Crippen molar-refractivity contribution in [3.05, 3.63) is 53.0 Å². The van der Waals surface area contributed by atoms with Crippen LogP contribution in [0.3, 0.4) is 0 Å². The molecule has 0 aliphatic heterocycles. The molecular weight excluding hydrogens is 344 g/mol. The molecule has 0 saturated carbocycles. The van der Waals surface area contributed by atoms with Gasteiger partial charge >= 0.3 is 0 Å². The lowest BCUT2D eigenvalue weighted by Gasteiger charge is -2.18. The van der Waals surface area contributed by atoms with Gasteiger partial charge in [-0.25, -0.2) is 5.84 Å². The maximum Gasteiger partial charge on any atom is 0.274 e. The van der Waals surface area contributed by atoms with Crippen molar-refractivity contribution in [2.75, 3.05) is 0 Å². The lowest BCUT2D eigenvalue weighted by molar-refractivity contribution is -0.128. The second-order valence-electron chi connectivity index (χ2n) is 4.91. The summed E-state index contributed by atoms with van der Waals surface area (Å²) < 4.78 is 6.60. The van der Waals surface area contributed by atoms with Crippen molar-refractivity contribution in [3.8, 4) is 16.9 Å². The molecule has 0 fully saturated rings. The summed E-state index contributed by atoms with van der Waals surface area (Å²) in [4.78, 5) is 11.7. The van der Waals surface area contributed by atoms with Gasteiger partial charge in [-0.05, 0) is 45.6 Å². The Morgan fingerprint density at radius 3 is 2.55 bits per heavy atom. The summed E-state index contributed by atoms with van der Waals surface area (Å²) >= 11 is 3.51. The summed E-state index contributed by atoms with van der Waals surface area (Å²) in [5, 5.41) is 0. The van der Waals surface area contributed by atoms with Crippen LogP contribution in [0.1, 0.15) is 19.8 Å². The first-order valence-corrected chi connectivity index (χ1v) is 7.97. The average Bonchev–Trinajstić information content (AvgIpc) is 2.56. The van der Waals surface area contributed by atoms with Crippen LogP contribution in [-0.4, -0.2) is 12.0 Å². The number of nitrogens with one attached hydrogen (secondary N) is 1. The Kier molecular flexibility index (Phi) is 5.98. The molecule has 0 bridgehead atoms. The van der Waals surface area contributed by atoms with Gasteiger partial charge in [0.2, 0.25) is 0 Å². The second-order valence-corrected chi connectivity index (χ2v) is 5.77. The standard InChI is InChI=1S/C17H19BrN2O2/c1-2-6-16(17(21)20-19)22-15-10-9-13(11-14(15)18)12-7-4-3-5-8-12/h3-5,7-11,16H,2,6,19H2,1H3,(H,20,21). The smallest absolute Gasteiger partial charge is 0.274 e. The van der Waals surface area contributed by atoms with Crippen LogP contribution in [0.25, 0.3) is 11.1 Å². The molecule has 2 aromatic carbocycles. The Bertz CT molecular complexity index is 632. The van der Waals surface area contributed by atoms with E-state index in [1.807, 2.05) is 55.5 Å². The molecule has 0 aliphatic rings. The van der Waals surface area contributed by atoms with E-state index in [1.54, 1.807) is 0 Å². The maximum absolute atomic E-state index is 11.7. The van der Waals surface area contributed by atoms with E-state index in [0.29, 0.717) is 12.2 Å². The maximum atomic E-state index is 11.7. The minimum Gasteiger partial charge on any atom is -0.479 e. The monoisotopic (exact) mass is 362 g/mol. The topological polar surface area (TPSA) is 64.3 Å². The molecule has 0 aromatic heterocycles. The summed E-state index contributed by atoms with van der Waals surface area (Å²) in [6.45, 7) is 1.99. The van der Waals surface area contributed by atoms with Gasteiger partial charge in [0, 0.05) is 0 Å². The third-order valence-electron chi connectivity index (χ3n) is 3.29. The third kappa shape index (κ3) is 4.08. The van der Waals surface area contributed by atoms with Crippen LogP contribution in [0.15, 0.2) is 53.0 Å². The van der Waals surface area contributed by atoms with Gasteiger partial charge in [-0.15, -0.1) is 0 Å². The fourth-order valence-corrected chi connectivity index (χ4v) is 2.63. The fourth-order valence-electron chi connectivity index (χ4n) is 2.16. The molecule has 22 heavy (non-hydrogen) atoms. The number of ether oxygens (including phenoxy) is 1. The molecule has 116 valence electrons. The molecule has 1 atom stereocenters. The minimum atomic E-state index is -0.589. The Morgan fingerprint density at radius 1 is 1.23 bits per heavy atom. The summed E-state index contributed by atoms with van der Waals surface area (Å²) in [6.07, 6.45) is 0.849. The van der Waals surface area contributed by atoms with Crippen LogP contribution in [-0.2, 0) is 4.79 Å². The molecule has 5 heteroatoms. The summed E-state index contributed by atoms with van der Waals surface area (Å²) in [7, 11) is 0. The number of amides is 1. The predicted octanol–water partition coefficient (Wildman–Crippen LogP) is 3.65.